The standard InChI is InChI=1S/C13H19N3O2/c1-8(14)6-7-12(17)16-11-5-3-4-10(9(11)2)13(15)18/h3-5,8H,6-7,14H2,1-2H3,(H2,15,18)(H,16,17). The Morgan fingerprint density at radius 2 is 2.06 bits per heavy atom. The van der Waals surface area contributed by atoms with Crippen molar-refractivity contribution in [2.75, 3.05) is 5.32 Å². The van der Waals surface area contributed by atoms with Gasteiger partial charge in [0.05, 0.1) is 0 Å². The van der Waals surface area contributed by atoms with E-state index < -0.39 is 5.91 Å². The number of amides is 2. The largest absolute Gasteiger partial charge is 0.366 e. The van der Waals surface area contributed by atoms with Crippen LogP contribution in [-0.4, -0.2) is 17.9 Å². The minimum absolute atomic E-state index is 0.00574. The highest BCUT2D eigenvalue weighted by molar-refractivity contribution is 5.98. The number of hydrogen-bond acceptors (Lipinski definition) is 3. The van der Waals surface area contributed by atoms with Crippen molar-refractivity contribution in [2.24, 2.45) is 11.5 Å². The maximum Gasteiger partial charge on any atom is 0.249 e. The molecule has 0 bridgehead atoms. The Kier molecular flexibility index (Phi) is 4.85. The molecule has 0 fully saturated rings. The molecule has 1 aromatic carbocycles. The molecule has 1 rings (SSSR count). The number of anilines is 1. The van der Waals surface area contributed by atoms with Gasteiger partial charge in [-0.3, -0.25) is 9.59 Å². The lowest BCUT2D eigenvalue weighted by Gasteiger charge is -2.11. The van der Waals surface area contributed by atoms with E-state index in [9.17, 15) is 9.59 Å². The maximum atomic E-state index is 11.7. The molecule has 0 aromatic heterocycles. The van der Waals surface area contributed by atoms with E-state index in [1.165, 1.54) is 0 Å². The first-order chi connectivity index (χ1) is 8.41. The summed E-state index contributed by atoms with van der Waals surface area (Å²) in [7, 11) is 0. The number of carbonyl (C=O) groups is 2. The third-order valence-corrected chi connectivity index (χ3v) is 2.70. The van der Waals surface area contributed by atoms with Crippen molar-refractivity contribution < 1.29 is 9.59 Å². The van der Waals surface area contributed by atoms with Gasteiger partial charge in [0.25, 0.3) is 0 Å². The molecule has 2 amide bonds. The van der Waals surface area contributed by atoms with Gasteiger partial charge in [-0.05, 0) is 38.0 Å². The third-order valence-electron chi connectivity index (χ3n) is 2.70. The van der Waals surface area contributed by atoms with Crippen LogP contribution in [0.15, 0.2) is 18.2 Å². The van der Waals surface area contributed by atoms with Crippen molar-refractivity contribution >= 4 is 17.5 Å². The second-order valence-electron chi connectivity index (χ2n) is 4.41. The number of rotatable bonds is 5. The Labute approximate surface area is 107 Å². The van der Waals surface area contributed by atoms with Gasteiger partial charge in [0, 0.05) is 23.7 Å². The number of benzene rings is 1. The summed E-state index contributed by atoms with van der Waals surface area (Å²) in [5.41, 5.74) is 12.5. The SMILES string of the molecule is Cc1c(NC(=O)CCC(C)N)cccc1C(N)=O. The van der Waals surface area contributed by atoms with E-state index in [1.807, 2.05) is 6.92 Å². The van der Waals surface area contributed by atoms with E-state index in [-0.39, 0.29) is 11.9 Å². The van der Waals surface area contributed by atoms with Crippen LogP contribution in [0.1, 0.15) is 35.7 Å². The molecule has 1 aromatic rings. The molecule has 98 valence electrons. The Hall–Kier alpha value is -1.88. The Morgan fingerprint density at radius 3 is 2.61 bits per heavy atom. The second kappa shape index (κ2) is 6.16. The lowest BCUT2D eigenvalue weighted by Crippen LogP contribution is -2.20. The van der Waals surface area contributed by atoms with Crippen LogP contribution < -0.4 is 16.8 Å². The van der Waals surface area contributed by atoms with Gasteiger partial charge in [-0.2, -0.15) is 0 Å². The van der Waals surface area contributed by atoms with Crippen LogP contribution in [0.2, 0.25) is 0 Å². The summed E-state index contributed by atoms with van der Waals surface area (Å²) in [4.78, 5) is 22.8. The fourth-order valence-electron chi connectivity index (χ4n) is 1.61. The highest BCUT2D eigenvalue weighted by atomic mass is 16.2. The smallest absolute Gasteiger partial charge is 0.249 e. The van der Waals surface area contributed by atoms with Crippen LogP contribution in [-0.2, 0) is 4.79 Å². The summed E-state index contributed by atoms with van der Waals surface area (Å²) in [5, 5.41) is 2.76. The molecule has 0 spiro atoms. The van der Waals surface area contributed by atoms with Crippen molar-refractivity contribution in [3.05, 3.63) is 29.3 Å². The van der Waals surface area contributed by atoms with Crippen molar-refractivity contribution in [1.29, 1.82) is 0 Å². The molecule has 5 heteroatoms. The molecule has 5 N–H and O–H groups in total. The van der Waals surface area contributed by atoms with E-state index in [2.05, 4.69) is 5.32 Å². The van der Waals surface area contributed by atoms with Gasteiger partial charge < -0.3 is 16.8 Å². The second-order valence-corrected chi connectivity index (χ2v) is 4.41. The van der Waals surface area contributed by atoms with E-state index in [0.717, 1.165) is 0 Å². The quantitative estimate of drug-likeness (QED) is 0.730. The van der Waals surface area contributed by atoms with Gasteiger partial charge in [-0.15, -0.1) is 0 Å². The van der Waals surface area contributed by atoms with E-state index >= 15 is 0 Å². The fourth-order valence-corrected chi connectivity index (χ4v) is 1.61. The van der Waals surface area contributed by atoms with Crippen molar-refractivity contribution in [3.63, 3.8) is 0 Å². The molecule has 0 radical (unpaired) electrons. The average Bonchev–Trinajstić information content (AvgIpc) is 2.29. The first-order valence-electron chi connectivity index (χ1n) is 5.86. The van der Waals surface area contributed by atoms with Crippen LogP contribution in [0.3, 0.4) is 0 Å². The molecule has 18 heavy (non-hydrogen) atoms. The maximum absolute atomic E-state index is 11.7. The highest BCUT2D eigenvalue weighted by Crippen LogP contribution is 2.18. The van der Waals surface area contributed by atoms with Gasteiger partial charge in [-0.25, -0.2) is 0 Å². The summed E-state index contributed by atoms with van der Waals surface area (Å²) in [6.45, 7) is 3.60. The Balaban J connectivity index is 2.76. The monoisotopic (exact) mass is 249 g/mol. The number of nitrogens with one attached hydrogen (secondary N) is 1. The normalized spacial score (nSPS) is 11.9. The van der Waals surface area contributed by atoms with Crippen molar-refractivity contribution in [2.45, 2.75) is 32.7 Å². The Bertz CT molecular complexity index is 456. The zero-order valence-corrected chi connectivity index (χ0v) is 10.7. The van der Waals surface area contributed by atoms with Crippen molar-refractivity contribution in [3.8, 4) is 0 Å². The lowest BCUT2D eigenvalue weighted by atomic mass is 10.1. The predicted molar refractivity (Wildman–Crippen MR) is 71.2 cm³/mol. The third kappa shape index (κ3) is 3.85. The summed E-state index contributed by atoms with van der Waals surface area (Å²) in [6, 6.07) is 5.06. The summed E-state index contributed by atoms with van der Waals surface area (Å²) in [6.07, 6.45) is 0.984. The van der Waals surface area contributed by atoms with Crippen LogP contribution in [0.25, 0.3) is 0 Å². The summed E-state index contributed by atoms with van der Waals surface area (Å²) >= 11 is 0. The molecule has 1 unspecified atom stereocenters. The van der Waals surface area contributed by atoms with E-state index in [0.29, 0.717) is 29.7 Å². The number of hydrogen-bond donors (Lipinski definition) is 3. The molecule has 0 saturated heterocycles. The van der Waals surface area contributed by atoms with Gasteiger partial charge in [0.15, 0.2) is 0 Å². The molecule has 0 heterocycles. The zero-order valence-electron chi connectivity index (χ0n) is 10.7. The molecule has 5 nitrogen and oxygen atoms in total. The Morgan fingerprint density at radius 1 is 1.39 bits per heavy atom. The molecule has 0 aliphatic heterocycles. The highest BCUT2D eigenvalue weighted by Gasteiger charge is 2.10. The number of carbonyl (C=O) groups excluding carboxylic acids is 2. The van der Waals surface area contributed by atoms with Crippen LogP contribution in [0.4, 0.5) is 5.69 Å². The lowest BCUT2D eigenvalue weighted by molar-refractivity contribution is -0.116. The van der Waals surface area contributed by atoms with Gasteiger partial charge in [0.2, 0.25) is 11.8 Å². The van der Waals surface area contributed by atoms with Crippen molar-refractivity contribution in [1.82, 2.24) is 0 Å². The minimum atomic E-state index is -0.501. The van der Waals surface area contributed by atoms with Gasteiger partial charge >= 0.3 is 0 Å². The topological polar surface area (TPSA) is 98.2 Å². The molecule has 0 aliphatic carbocycles. The summed E-state index contributed by atoms with van der Waals surface area (Å²) in [5.74, 6) is -0.615. The van der Waals surface area contributed by atoms with Gasteiger partial charge in [-0.1, -0.05) is 6.07 Å². The molecule has 1 atom stereocenters. The molecule has 0 saturated carbocycles. The minimum Gasteiger partial charge on any atom is -0.366 e. The fraction of sp³-hybridized carbons (Fsp3) is 0.385. The molecular formula is C13H19N3O2. The van der Waals surface area contributed by atoms with Gasteiger partial charge in [0.1, 0.15) is 0 Å². The molecule has 0 aliphatic rings. The zero-order chi connectivity index (χ0) is 13.7. The number of nitrogens with two attached hydrogens (primary N) is 2. The van der Waals surface area contributed by atoms with E-state index in [1.54, 1.807) is 25.1 Å². The number of primary amides is 1. The predicted octanol–water partition coefficient (Wildman–Crippen LogP) is 1.16. The van der Waals surface area contributed by atoms with Crippen LogP contribution in [0, 0.1) is 6.92 Å². The first-order valence-corrected chi connectivity index (χ1v) is 5.86. The summed E-state index contributed by atoms with van der Waals surface area (Å²) < 4.78 is 0. The molecular weight excluding hydrogens is 230 g/mol. The van der Waals surface area contributed by atoms with Crippen LogP contribution in [0.5, 0.6) is 0 Å². The van der Waals surface area contributed by atoms with E-state index in [4.69, 9.17) is 11.5 Å². The first kappa shape index (κ1) is 14.2. The average molecular weight is 249 g/mol. The van der Waals surface area contributed by atoms with Crippen LogP contribution >= 0.6 is 0 Å².